The molecule has 2 aliphatic rings. The van der Waals surface area contributed by atoms with Gasteiger partial charge in [-0.05, 0) is 25.7 Å². The van der Waals surface area contributed by atoms with E-state index in [-0.39, 0.29) is 6.61 Å². The summed E-state index contributed by atoms with van der Waals surface area (Å²) in [5.74, 6) is 0.624. The monoisotopic (exact) mass is 221 g/mol. The molecule has 0 unspecified atom stereocenters. The van der Waals surface area contributed by atoms with E-state index in [1.54, 1.807) is 0 Å². The van der Waals surface area contributed by atoms with Gasteiger partial charge < -0.3 is 5.11 Å². The third-order valence-corrected chi connectivity index (χ3v) is 3.84. The molecule has 1 aromatic heterocycles. The largest absolute Gasteiger partial charge is 0.390 e. The van der Waals surface area contributed by atoms with Crippen LogP contribution in [0.25, 0.3) is 0 Å². The van der Waals surface area contributed by atoms with Gasteiger partial charge in [0.15, 0.2) is 0 Å². The minimum absolute atomic E-state index is 0.0402. The maximum atomic E-state index is 9.29. The molecule has 0 radical (unpaired) electrons. The highest BCUT2D eigenvalue weighted by Crippen LogP contribution is 2.43. The number of aliphatic hydroxyl groups is 1. The second-order valence-electron chi connectivity index (χ2n) is 5.09. The molecule has 1 aromatic rings. The number of hydrogen-bond donors (Lipinski definition) is 1. The lowest BCUT2D eigenvalue weighted by Gasteiger charge is -2.23. The lowest BCUT2D eigenvalue weighted by atomic mass is 9.95. The summed E-state index contributed by atoms with van der Waals surface area (Å²) in [6, 6.07) is 0.539. The van der Waals surface area contributed by atoms with Crippen molar-refractivity contribution in [1.29, 1.82) is 0 Å². The fourth-order valence-electron chi connectivity index (χ4n) is 2.82. The van der Waals surface area contributed by atoms with Gasteiger partial charge in [0.05, 0.1) is 18.3 Å². The molecule has 0 aliphatic heterocycles. The van der Waals surface area contributed by atoms with Crippen LogP contribution in [-0.2, 0) is 6.61 Å². The maximum Gasteiger partial charge on any atom is 0.112 e. The second kappa shape index (κ2) is 4.17. The molecule has 4 heteroatoms. The van der Waals surface area contributed by atoms with Crippen LogP contribution in [0.5, 0.6) is 0 Å². The predicted molar refractivity (Wildman–Crippen MR) is 60.0 cm³/mol. The van der Waals surface area contributed by atoms with Gasteiger partial charge in [0, 0.05) is 5.92 Å². The third kappa shape index (κ3) is 1.75. The molecule has 1 heterocycles. The van der Waals surface area contributed by atoms with Crippen molar-refractivity contribution >= 4 is 0 Å². The highest BCUT2D eigenvalue weighted by molar-refractivity contribution is 5.20. The van der Waals surface area contributed by atoms with Crippen molar-refractivity contribution in [3.05, 3.63) is 11.4 Å². The summed E-state index contributed by atoms with van der Waals surface area (Å²) in [6.45, 7) is 0.0402. The van der Waals surface area contributed by atoms with E-state index in [0.717, 1.165) is 5.69 Å². The standard InChI is InChI=1S/C12H19N3O/c16-8-11-12(9-6-7-9)15(14-13-11)10-4-2-1-3-5-10/h9-10,16H,1-8H2. The fraction of sp³-hybridized carbons (Fsp3) is 0.833. The Hall–Kier alpha value is -0.900. The Morgan fingerprint density at radius 1 is 1.12 bits per heavy atom. The summed E-state index contributed by atoms with van der Waals surface area (Å²) in [7, 11) is 0. The highest BCUT2D eigenvalue weighted by atomic mass is 16.3. The predicted octanol–water partition coefficient (Wildman–Crippen LogP) is 2.15. The summed E-state index contributed by atoms with van der Waals surface area (Å²) >= 11 is 0. The molecule has 3 rings (SSSR count). The second-order valence-corrected chi connectivity index (χ2v) is 5.09. The van der Waals surface area contributed by atoms with Crippen molar-refractivity contribution in [1.82, 2.24) is 15.0 Å². The quantitative estimate of drug-likeness (QED) is 0.850. The molecule has 88 valence electrons. The number of rotatable bonds is 3. The van der Waals surface area contributed by atoms with E-state index >= 15 is 0 Å². The molecule has 0 amide bonds. The van der Waals surface area contributed by atoms with Crippen molar-refractivity contribution in [2.45, 2.75) is 63.5 Å². The summed E-state index contributed by atoms with van der Waals surface area (Å²) in [5, 5.41) is 17.7. The van der Waals surface area contributed by atoms with Gasteiger partial charge in [-0.1, -0.05) is 24.5 Å². The average Bonchev–Trinajstić information content (AvgIpc) is 3.09. The minimum atomic E-state index is 0.0402. The van der Waals surface area contributed by atoms with Crippen LogP contribution in [0.1, 0.15) is 68.3 Å². The van der Waals surface area contributed by atoms with Crippen molar-refractivity contribution in [2.24, 2.45) is 0 Å². The molecule has 2 saturated carbocycles. The van der Waals surface area contributed by atoms with Gasteiger partial charge in [-0.2, -0.15) is 0 Å². The molecule has 4 nitrogen and oxygen atoms in total. The van der Waals surface area contributed by atoms with Crippen LogP contribution in [0.2, 0.25) is 0 Å². The van der Waals surface area contributed by atoms with Gasteiger partial charge >= 0.3 is 0 Å². The Labute approximate surface area is 95.7 Å². The average molecular weight is 221 g/mol. The number of nitrogens with zero attached hydrogens (tertiary/aromatic N) is 3. The van der Waals surface area contributed by atoms with Gasteiger partial charge in [-0.3, -0.25) is 0 Å². The van der Waals surface area contributed by atoms with E-state index < -0.39 is 0 Å². The third-order valence-electron chi connectivity index (χ3n) is 3.84. The van der Waals surface area contributed by atoms with Crippen molar-refractivity contribution in [3.8, 4) is 0 Å². The molecule has 0 spiro atoms. The van der Waals surface area contributed by atoms with Crippen LogP contribution < -0.4 is 0 Å². The minimum Gasteiger partial charge on any atom is -0.390 e. The molecular weight excluding hydrogens is 202 g/mol. The van der Waals surface area contributed by atoms with Crippen LogP contribution in [0.4, 0.5) is 0 Å². The van der Waals surface area contributed by atoms with E-state index in [0.29, 0.717) is 12.0 Å². The Morgan fingerprint density at radius 2 is 1.88 bits per heavy atom. The molecule has 2 fully saturated rings. The van der Waals surface area contributed by atoms with Crippen molar-refractivity contribution < 1.29 is 5.11 Å². The van der Waals surface area contributed by atoms with Crippen LogP contribution in [0, 0.1) is 0 Å². The number of hydrogen-bond acceptors (Lipinski definition) is 3. The van der Waals surface area contributed by atoms with Crippen LogP contribution >= 0.6 is 0 Å². The van der Waals surface area contributed by atoms with E-state index in [2.05, 4.69) is 15.0 Å². The van der Waals surface area contributed by atoms with Crippen molar-refractivity contribution in [3.63, 3.8) is 0 Å². The first-order chi connectivity index (χ1) is 7.90. The lowest BCUT2D eigenvalue weighted by molar-refractivity contribution is 0.274. The zero-order valence-electron chi connectivity index (χ0n) is 9.60. The van der Waals surface area contributed by atoms with E-state index in [9.17, 15) is 5.11 Å². The molecule has 16 heavy (non-hydrogen) atoms. The van der Waals surface area contributed by atoms with E-state index in [4.69, 9.17) is 0 Å². The first-order valence-corrected chi connectivity index (χ1v) is 6.45. The normalized spacial score (nSPS) is 22.6. The molecule has 0 atom stereocenters. The topological polar surface area (TPSA) is 50.9 Å². The first-order valence-electron chi connectivity index (χ1n) is 6.45. The maximum absolute atomic E-state index is 9.29. The summed E-state index contributed by atoms with van der Waals surface area (Å²) < 4.78 is 2.13. The van der Waals surface area contributed by atoms with Gasteiger partial charge in [0.25, 0.3) is 0 Å². The van der Waals surface area contributed by atoms with E-state index in [1.165, 1.54) is 50.6 Å². The van der Waals surface area contributed by atoms with Crippen molar-refractivity contribution in [2.75, 3.05) is 0 Å². The summed E-state index contributed by atoms with van der Waals surface area (Å²) in [5.41, 5.74) is 2.04. The van der Waals surface area contributed by atoms with Gasteiger partial charge in [-0.25, -0.2) is 4.68 Å². The Kier molecular flexibility index (Phi) is 2.67. The fourth-order valence-corrected chi connectivity index (χ4v) is 2.82. The van der Waals surface area contributed by atoms with Gasteiger partial charge in [-0.15, -0.1) is 5.10 Å². The highest BCUT2D eigenvalue weighted by Gasteiger charge is 2.33. The molecule has 2 aliphatic carbocycles. The first kappa shape index (κ1) is 10.3. The molecular formula is C12H19N3O. The van der Waals surface area contributed by atoms with Gasteiger partial charge in [0.2, 0.25) is 0 Å². The number of aromatic nitrogens is 3. The molecule has 0 aromatic carbocycles. The molecule has 0 bridgehead atoms. The van der Waals surface area contributed by atoms with E-state index in [1.807, 2.05) is 0 Å². The molecule has 0 saturated heterocycles. The van der Waals surface area contributed by atoms with Crippen LogP contribution in [-0.4, -0.2) is 20.1 Å². The lowest BCUT2D eigenvalue weighted by Crippen LogP contribution is -2.16. The zero-order valence-corrected chi connectivity index (χ0v) is 9.60. The van der Waals surface area contributed by atoms with Crippen LogP contribution in [0.15, 0.2) is 0 Å². The van der Waals surface area contributed by atoms with Crippen LogP contribution in [0.3, 0.4) is 0 Å². The smallest absolute Gasteiger partial charge is 0.112 e. The SMILES string of the molecule is OCc1nnn(C2CCCCC2)c1C1CC1. The Morgan fingerprint density at radius 3 is 2.50 bits per heavy atom. The Balaban J connectivity index is 1.89. The van der Waals surface area contributed by atoms with Gasteiger partial charge in [0.1, 0.15) is 5.69 Å². The summed E-state index contributed by atoms with van der Waals surface area (Å²) in [6.07, 6.45) is 8.92. The zero-order chi connectivity index (χ0) is 11.0. The summed E-state index contributed by atoms with van der Waals surface area (Å²) in [4.78, 5) is 0. The Bertz CT molecular complexity index is 364. The molecule has 1 N–H and O–H groups in total. The number of aliphatic hydroxyl groups excluding tert-OH is 1.